The van der Waals surface area contributed by atoms with Crippen LogP contribution in [0.2, 0.25) is 0 Å². The van der Waals surface area contributed by atoms with E-state index in [2.05, 4.69) is 10.9 Å². The maximum absolute atomic E-state index is 5.46. The lowest BCUT2D eigenvalue weighted by Crippen LogP contribution is -2.31. The van der Waals surface area contributed by atoms with E-state index in [9.17, 15) is 0 Å². The Morgan fingerprint density at radius 3 is 0.744 bits per heavy atom. The molecule has 0 rings (SSSR count). The quantitative estimate of drug-likeness (QED) is 0.0611. The van der Waals surface area contributed by atoms with Crippen LogP contribution in [0.4, 0.5) is 0 Å². The van der Waals surface area contributed by atoms with Crippen molar-refractivity contribution in [1.82, 2.24) is 10.9 Å². The normalized spacial score (nSPS) is 11.5. The predicted octanol–water partition coefficient (Wildman–Crippen LogP) is -1.15. The fraction of sp³-hybridized carbons (Fsp3) is 1.00. The van der Waals surface area contributed by atoms with Gasteiger partial charge in [-0.15, -0.1) is 0 Å². The van der Waals surface area contributed by atoms with Crippen molar-refractivity contribution in [2.45, 2.75) is 0 Å². The highest BCUT2D eigenvalue weighted by atomic mass is 16.6. The molecule has 0 aliphatic heterocycles. The van der Waals surface area contributed by atoms with Gasteiger partial charge in [0.15, 0.2) is 0 Å². The fourth-order valence-corrected chi connectivity index (χ4v) is 2.63. The van der Waals surface area contributed by atoms with Crippen LogP contribution < -0.4 is 16.6 Å². The summed E-state index contributed by atoms with van der Waals surface area (Å²) in [4.78, 5) is 0. The molecular formula is C25H55N3O11. The summed E-state index contributed by atoms with van der Waals surface area (Å²) in [5.74, 6) is 0. The number of hydrazine groups is 1. The van der Waals surface area contributed by atoms with Crippen molar-refractivity contribution in [3.05, 3.63) is 0 Å². The van der Waals surface area contributed by atoms with Gasteiger partial charge in [0.2, 0.25) is 0 Å². The van der Waals surface area contributed by atoms with Gasteiger partial charge in [-0.25, -0.2) is 0 Å². The van der Waals surface area contributed by atoms with Crippen molar-refractivity contribution in [3.8, 4) is 0 Å². The van der Waals surface area contributed by atoms with Gasteiger partial charge in [0.05, 0.1) is 145 Å². The van der Waals surface area contributed by atoms with Crippen LogP contribution in [0.15, 0.2) is 0 Å². The van der Waals surface area contributed by atoms with E-state index < -0.39 is 0 Å². The lowest BCUT2D eigenvalue weighted by atomic mass is 10.6. The Morgan fingerprint density at radius 2 is 0.538 bits per heavy atom. The largest absolute Gasteiger partial charge is 0.378 e. The molecule has 0 spiro atoms. The van der Waals surface area contributed by atoms with Gasteiger partial charge in [0, 0.05) is 13.1 Å². The summed E-state index contributed by atoms with van der Waals surface area (Å²) >= 11 is 0. The van der Waals surface area contributed by atoms with Gasteiger partial charge in [-0.3, -0.25) is 10.9 Å². The third-order valence-electron chi connectivity index (χ3n) is 4.53. The monoisotopic (exact) mass is 573 g/mol. The number of ether oxygens (including phenoxy) is 11. The highest BCUT2D eigenvalue weighted by Crippen LogP contribution is 1.86. The highest BCUT2D eigenvalue weighted by Gasteiger charge is 1.96. The summed E-state index contributed by atoms with van der Waals surface area (Å²) in [6.45, 7) is 13.1. The van der Waals surface area contributed by atoms with E-state index in [1.54, 1.807) is 0 Å². The molecule has 0 aliphatic carbocycles. The molecule has 0 atom stereocenters. The Kier molecular flexibility index (Phi) is 36.9. The zero-order valence-electron chi connectivity index (χ0n) is 24.0. The summed E-state index contributed by atoms with van der Waals surface area (Å²) in [6, 6.07) is 0. The summed E-state index contributed by atoms with van der Waals surface area (Å²) in [7, 11) is 1.82. The molecule has 0 aliphatic rings. The highest BCUT2D eigenvalue weighted by molar-refractivity contribution is 4.40. The number of hydrogen-bond donors (Lipinski definition) is 3. The second-order valence-corrected chi connectivity index (χ2v) is 7.70. The van der Waals surface area contributed by atoms with Crippen LogP contribution in [0.25, 0.3) is 0 Å². The molecular weight excluding hydrogens is 518 g/mol. The molecule has 0 heterocycles. The van der Waals surface area contributed by atoms with Gasteiger partial charge in [-0.2, -0.15) is 0 Å². The van der Waals surface area contributed by atoms with Crippen LogP contribution in [-0.2, 0) is 52.1 Å². The Morgan fingerprint density at radius 1 is 0.333 bits per heavy atom. The number of nitrogens with one attached hydrogen (secondary N) is 2. The molecule has 0 aromatic rings. The third kappa shape index (κ3) is 37.4. The number of rotatable bonds is 36. The molecule has 0 bridgehead atoms. The van der Waals surface area contributed by atoms with E-state index >= 15 is 0 Å². The zero-order chi connectivity index (χ0) is 28.2. The second kappa shape index (κ2) is 37.4. The zero-order valence-corrected chi connectivity index (χ0v) is 24.0. The van der Waals surface area contributed by atoms with Crippen molar-refractivity contribution in [2.24, 2.45) is 5.73 Å². The summed E-state index contributed by atoms with van der Waals surface area (Å²) in [5, 5.41) is 0. The first kappa shape index (κ1) is 38.4. The smallest absolute Gasteiger partial charge is 0.0701 e. The average Bonchev–Trinajstić information content (AvgIpc) is 2.95. The lowest BCUT2D eigenvalue weighted by molar-refractivity contribution is -0.0274. The maximum atomic E-state index is 5.46. The summed E-state index contributed by atoms with van der Waals surface area (Å²) < 4.78 is 59.5. The first-order chi connectivity index (χ1) is 19.4. The van der Waals surface area contributed by atoms with Crippen molar-refractivity contribution >= 4 is 0 Å². The van der Waals surface area contributed by atoms with Crippen LogP contribution in [-0.4, -0.2) is 165 Å². The third-order valence-corrected chi connectivity index (χ3v) is 4.53. The predicted molar refractivity (Wildman–Crippen MR) is 145 cm³/mol. The van der Waals surface area contributed by atoms with Crippen LogP contribution >= 0.6 is 0 Å². The molecule has 0 fully saturated rings. The van der Waals surface area contributed by atoms with Crippen molar-refractivity contribution < 1.29 is 52.1 Å². The first-order valence-corrected chi connectivity index (χ1v) is 13.9. The summed E-state index contributed by atoms with van der Waals surface area (Å²) in [6.07, 6.45) is 0. The molecule has 0 saturated heterocycles. The van der Waals surface area contributed by atoms with E-state index in [-0.39, 0.29) is 0 Å². The SMILES string of the molecule is CNNCCOCCOCCOCCOCCOCCOCCOCCOCCOCCOCCOCCN. The Hall–Kier alpha value is -0.560. The van der Waals surface area contributed by atoms with E-state index in [0.29, 0.717) is 152 Å². The van der Waals surface area contributed by atoms with Crippen LogP contribution in [0.3, 0.4) is 0 Å². The number of nitrogens with two attached hydrogens (primary N) is 1. The molecule has 0 aromatic heterocycles. The lowest BCUT2D eigenvalue weighted by Gasteiger charge is -2.09. The molecule has 4 N–H and O–H groups in total. The van der Waals surface area contributed by atoms with E-state index in [1.165, 1.54) is 0 Å². The average molecular weight is 574 g/mol. The van der Waals surface area contributed by atoms with Gasteiger partial charge in [0.25, 0.3) is 0 Å². The Balaban J connectivity index is 3.01. The van der Waals surface area contributed by atoms with Gasteiger partial charge < -0.3 is 57.8 Å². The van der Waals surface area contributed by atoms with Crippen LogP contribution in [0.1, 0.15) is 0 Å². The van der Waals surface area contributed by atoms with E-state index in [4.69, 9.17) is 57.8 Å². The van der Waals surface area contributed by atoms with E-state index in [1.807, 2.05) is 7.05 Å². The van der Waals surface area contributed by atoms with Crippen molar-refractivity contribution in [3.63, 3.8) is 0 Å². The van der Waals surface area contributed by atoms with Crippen molar-refractivity contribution in [1.29, 1.82) is 0 Å². The van der Waals surface area contributed by atoms with Gasteiger partial charge in [0.1, 0.15) is 0 Å². The molecule has 14 nitrogen and oxygen atoms in total. The molecule has 39 heavy (non-hydrogen) atoms. The van der Waals surface area contributed by atoms with Crippen LogP contribution in [0.5, 0.6) is 0 Å². The molecule has 0 saturated carbocycles. The summed E-state index contributed by atoms with van der Waals surface area (Å²) in [5.41, 5.74) is 11.1. The van der Waals surface area contributed by atoms with Crippen molar-refractivity contribution in [2.75, 3.05) is 165 Å². The molecule has 0 unspecified atom stereocenters. The molecule has 0 amide bonds. The molecule has 0 aromatic carbocycles. The number of hydrogen-bond acceptors (Lipinski definition) is 14. The van der Waals surface area contributed by atoms with Gasteiger partial charge in [-0.1, -0.05) is 0 Å². The van der Waals surface area contributed by atoms with E-state index in [0.717, 1.165) is 6.54 Å². The maximum Gasteiger partial charge on any atom is 0.0701 e. The topological polar surface area (TPSA) is 152 Å². The van der Waals surface area contributed by atoms with Crippen LogP contribution in [0, 0.1) is 0 Å². The first-order valence-electron chi connectivity index (χ1n) is 13.9. The minimum atomic E-state index is 0.516. The Bertz CT molecular complexity index is 397. The molecule has 236 valence electrons. The van der Waals surface area contributed by atoms with Gasteiger partial charge in [-0.05, 0) is 7.05 Å². The minimum absolute atomic E-state index is 0.516. The Labute approximate surface area is 234 Å². The fourth-order valence-electron chi connectivity index (χ4n) is 2.63. The molecule has 14 heteroatoms. The minimum Gasteiger partial charge on any atom is -0.378 e. The molecule has 0 radical (unpaired) electrons. The van der Waals surface area contributed by atoms with Gasteiger partial charge >= 0.3 is 0 Å². The standard InChI is InChI=1S/C25H55N3O11/c1-27-28-3-5-30-7-9-32-11-13-34-15-17-36-19-21-38-23-25-39-24-22-37-20-18-35-16-14-33-12-10-31-8-6-29-4-2-26/h27-28H,2-26H2,1H3. The second-order valence-electron chi connectivity index (χ2n) is 7.70.